The van der Waals surface area contributed by atoms with Gasteiger partial charge in [-0.1, -0.05) is 30.3 Å². The van der Waals surface area contributed by atoms with Crippen molar-refractivity contribution in [2.45, 2.75) is 6.92 Å². The molecule has 0 aliphatic rings. The summed E-state index contributed by atoms with van der Waals surface area (Å²) >= 11 is 3.52. The van der Waals surface area contributed by atoms with Crippen molar-refractivity contribution < 1.29 is 13.9 Å². The number of amides is 1. The Morgan fingerprint density at radius 2 is 2.08 bits per heavy atom. The van der Waals surface area contributed by atoms with Crippen LogP contribution < -0.4 is 10.2 Å². The topological polar surface area (TPSA) is 63.8 Å². The average Bonchev–Trinajstić information content (AvgIpc) is 3.00. The van der Waals surface area contributed by atoms with Crippen LogP contribution in [-0.2, 0) is 4.79 Å². The molecule has 1 N–H and O–H groups in total. The van der Waals surface area contributed by atoms with E-state index in [4.69, 9.17) is 9.15 Å². The fourth-order valence-corrected chi connectivity index (χ4v) is 2.80. The third-order valence-electron chi connectivity index (χ3n) is 3.33. The monoisotopic (exact) mass is 386 g/mol. The summed E-state index contributed by atoms with van der Waals surface area (Å²) in [6.45, 7) is 1.71. The zero-order valence-electron chi connectivity index (χ0n) is 13.0. The molecule has 3 aromatic rings. The van der Waals surface area contributed by atoms with E-state index in [1.54, 1.807) is 6.07 Å². The number of halogens is 1. The summed E-state index contributed by atoms with van der Waals surface area (Å²) in [5, 5.41) is 5.96. The predicted molar refractivity (Wildman–Crippen MR) is 96.3 cm³/mol. The van der Waals surface area contributed by atoms with Gasteiger partial charge in [-0.2, -0.15) is 5.10 Å². The minimum absolute atomic E-state index is 0.133. The van der Waals surface area contributed by atoms with Crippen LogP contribution in [0.4, 0.5) is 0 Å². The van der Waals surface area contributed by atoms with Crippen LogP contribution in [0.15, 0.2) is 62.5 Å². The van der Waals surface area contributed by atoms with Crippen molar-refractivity contribution in [3.05, 3.63) is 64.5 Å². The Bertz CT molecular complexity index is 902. The number of fused-ring (bicyclic) bond motifs is 1. The summed E-state index contributed by atoms with van der Waals surface area (Å²) in [6.07, 6.45) is 1.44. The standard InChI is InChI=1S/C18H15BrN2O3/c1-12-6-8-14(24-12)10-20-21-17(22)11-23-16-9-7-13-4-2-3-5-15(13)18(16)19/h2-10H,11H2,1H3,(H,21,22)/b20-10+. The van der Waals surface area contributed by atoms with Crippen LogP contribution in [-0.4, -0.2) is 18.7 Å². The lowest BCUT2D eigenvalue weighted by Gasteiger charge is -2.09. The fourth-order valence-electron chi connectivity index (χ4n) is 2.19. The number of carbonyl (C=O) groups excluding carboxylic acids is 1. The lowest BCUT2D eigenvalue weighted by molar-refractivity contribution is -0.123. The smallest absolute Gasteiger partial charge is 0.277 e. The van der Waals surface area contributed by atoms with Gasteiger partial charge in [0.2, 0.25) is 0 Å². The van der Waals surface area contributed by atoms with Crippen molar-refractivity contribution in [1.29, 1.82) is 0 Å². The molecule has 0 radical (unpaired) electrons. The van der Waals surface area contributed by atoms with E-state index >= 15 is 0 Å². The highest BCUT2D eigenvalue weighted by Gasteiger charge is 2.08. The van der Waals surface area contributed by atoms with Crippen molar-refractivity contribution in [3.63, 3.8) is 0 Å². The first-order valence-corrected chi connectivity index (χ1v) is 8.11. The zero-order chi connectivity index (χ0) is 16.9. The molecule has 0 spiro atoms. The number of benzene rings is 2. The molecule has 0 saturated carbocycles. The van der Waals surface area contributed by atoms with E-state index in [0.29, 0.717) is 11.5 Å². The summed E-state index contributed by atoms with van der Waals surface area (Å²) in [7, 11) is 0. The van der Waals surface area contributed by atoms with Crippen molar-refractivity contribution in [2.75, 3.05) is 6.61 Å². The van der Waals surface area contributed by atoms with E-state index in [0.717, 1.165) is 21.0 Å². The molecule has 24 heavy (non-hydrogen) atoms. The molecule has 6 heteroatoms. The number of nitrogens with one attached hydrogen (secondary N) is 1. The van der Waals surface area contributed by atoms with Crippen molar-refractivity contribution in [1.82, 2.24) is 5.43 Å². The van der Waals surface area contributed by atoms with E-state index in [1.807, 2.05) is 49.4 Å². The summed E-state index contributed by atoms with van der Waals surface area (Å²) in [4.78, 5) is 11.8. The van der Waals surface area contributed by atoms with Gasteiger partial charge in [0.1, 0.15) is 17.3 Å². The molecule has 122 valence electrons. The van der Waals surface area contributed by atoms with Crippen LogP contribution >= 0.6 is 15.9 Å². The van der Waals surface area contributed by atoms with Crippen LogP contribution in [0.5, 0.6) is 5.75 Å². The van der Waals surface area contributed by atoms with E-state index in [9.17, 15) is 4.79 Å². The van der Waals surface area contributed by atoms with Crippen LogP contribution in [0.2, 0.25) is 0 Å². The highest BCUT2D eigenvalue weighted by atomic mass is 79.9. The lowest BCUT2D eigenvalue weighted by atomic mass is 10.1. The maximum Gasteiger partial charge on any atom is 0.277 e. The summed E-state index contributed by atoms with van der Waals surface area (Å²) in [6, 6.07) is 15.3. The molecule has 1 amide bonds. The maximum absolute atomic E-state index is 11.8. The maximum atomic E-state index is 11.8. The molecule has 0 aliphatic heterocycles. The number of nitrogens with zero attached hydrogens (tertiary/aromatic N) is 1. The minimum Gasteiger partial charge on any atom is -0.483 e. The number of rotatable bonds is 5. The molecule has 3 rings (SSSR count). The Morgan fingerprint density at radius 1 is 1.25 bits per heavy atom. The number of hydrogen-bond donors (Lipinski definition) is 1. The second-order valence-corrected chi connectivity index (χ2v) is 5.92. The largest absolute Gasteiger partial charge is 0.483 e. The third kappa shape index (κ3) is 3.83. The second kappa shape index (κ2) is 7.31. The first kappa shape index (κ1) is 16.3. The Labute approximate surface area is 147 Å². The van der Waals surface area contributed by atoms with E-state index in [-0.39, 0.29) is 12.5 Å². The van der Waals surface area contributed by atoms with Gasteiger partial charge in [0, 0.05) is 0 Å². The Morgan fingerprint density at radius 3 is 2.88 bits per heavy atom. The van der Waals surface area contributed by atoms with Crippen LogP contribution in [0.3, 0.4) is 0 Å². The second-order valence-electron chi connectivity index (χ2n) is 5.13. The van der Waals surface area contributed by atoms with Gasteiger partial charge in [0.05, 0.1) is 10.7 Å². The minimum atomic E-state index is -0.352. The van der Waals surface area contributed by atoms with Gasteiger partial charge in [-0.25, -0.2) is 5.43 Å². The number of ether oxygens (including phenoxy) is 1. The molecule has 1 aromatic heterocycles. The van der Waals surface area contributed by atoms with Gasteiger partial charge < -0.3 is 9.15 Å². The molecule has 0 aliphatic carbocycles. The van der Waals surface area contributed by atoms with Crippen LogP contribution in [0.1, 0.15) is 11.5 Å². The molecular weight excluding hydrogens is 372 g/mol. The Balaban J connectivity index is 1.58. The third-order valence-corrected chi connectivity index (χ3v) is 4.15. The number of hydrazone groups is 1. The average molecular weight is 387 g/mol. The van der Waals surface area contributed by atoms with Gasteiger partial charge in [0.25, 0.3) is 5.91 Å². The van der Waals surface area contributed by atoms with Gasteiger partial charge in [-0.3, -0.25) is 4.79 Å². The molecule has 0 saturated heterocycles. The normalized spacial score (nSPS) is 11.1. The van der Waals surface area contributed by atoms with E-state index in [2.05, 4.69) is 26.5 Å². The molecule has 2 aromatic carbocycles. The highest BCUT2D eigenvalue weighted by Crippen LogP contribution is 2.32. The molecule has 0 unspecified atom stereocenters. The first-order valence-electron chi connectivity index (χ1n) is 7.32. The van der Waals surface area contributed by atoms with E-state index in [1.165, 1.54) is 6.21 Å². The number of aryl methyl sites for hydroxylation is 1. The Kier molecular flexibility index (Phi) is 4.96. The fraction of sp³-hybridized carbons (Fsp3) is 0.111. The quantitative estimate of drug-likeness (QED) is 0.531. The SMILES string of the molecule is Cc1ccc(/C=N/NC(=O)COc2ccc3ccccc3c2Br)o1. The molecule has 1 heterocycles. The van der Waals surface area contributed by atoms with Gasteiger partial charge in [0.15, 0.2) is 6.61 Å². The predicted octanol–water partition coefficient (Wildman–Crippen LogP) is 4.03. The van der Waals surface area contributed by atoms with Crippen LogP contribution in [0, 0.1) is 6.92 Å². The number of hydrogen-bond acceptors (Lipinski definition) is 4. The van der Waals surface area contributed by atoms with Gasteiger partial charge >= 0.3 is 0 Å². The Hall–Kier alpha value is -2.60. The molecule has 0 atom stereocenters. The van der Waals surface area contributed by atoms with E-state index < -0.39 is 0 Å². The zero-order valence-corrected chi connectivity index (χ0v) is 14.5. The summed E-state index contributed by atoms with van der Waals surface area (Å²) in [5.74, 6) is 1.61. The van der Waals surface area contributed by atoms with Crippen molar-refractivity contribution in [2.24, 2.45) is 5.10 Å². The van der Waals surface area contributed by atoms with Crippen molar-refractivity contribution >= 4 is 38.8 Å². The van der Waals surface area contributed by atoms with Crippen LogP contribution in [0.25, 0.3) is 10.8 Å². The number of carbonyl (C=O) groups is 1. The van der Waals surface area contributed by atoms with Gasteiger partial charge in [-0.05, 0) is 51.8 Å². The lowest BCUT2D eigenvalue weighted by Crippen LogP contribution is -2.24. The summed E-state index contributed by atoms with van der Waals surface area (Å²) in [5.41, 5.74) is 2.40. The molecular formula is C18H15BrN2O3. The highest BCUT2D eigenvalue weighted by molar-refractivity contribution is 9.10. The summed E-state index contributed by atoms with van der Waals surface area (Å²) < 4.78 is 11.7. The van der Waals surface area contributed by atoms with Gasteiger partial charge in [-0.15, -0.1) is 0 Å². The first-order chi connectivity index (χ1) is 11.6. The molecule has 0 fully saturated rings. The number of furan rings is 1. The van der Waals surface area contributed by atoms with Crippen molar-refractivity contribution in [3.8, 4) is 5.75 Å². The molecule has 5 nitrogen and oxygen atoms in total. The molecule has 0 bridgehead atoms.